The van der Waals surface area contributed by atoms with Crippen LogP contribution in [-0.4, -0.2) is 56.7 Å². The molecule has 0 N–H and O–H groups in total. The van der Waals surface area contributed by atoms with Crippen LogP contribution in [-0.2, 0) is 9.59 Å². The normalized spacial score (nSPS) is 15.4. The van der Waals surface area contributed by atoms with Crippen molar-refractivity contribution < 1.29 is 19.1 Å². The summed E-state index contributed by atoms with van der Waals surface area (Å²) in [5.41, 5.74) is 2.53. The third-order valence-electron chi connectivity index (χ3n) is 7.01. The Morgan fingerprint density at radius 2 is 1.53 bits per heavy atom. The Labute approximate surface area is 211 Å². The molecule has 2 heterocycles. The number of piperidine rings is 1. The number of Topliss-reactive ketones (excluding diaryl/α,β-unsaturated/α-hetero) is 2. The van der Waals surface area contributed by atoms with Crippen molar-refractivity contribution in [2.45, 2.75) is 25.7 Å². The monoisotopic (exact) mass is 486 g/mol. The van der Waals surface area contributed by atoms with Gasteiger partial charge in [0.2, 0.25) is 5.91 Å². The highest BCUT2D eigenvalue weighted by molar-refractivity contribution is 6.03. The molecule has 2 aliphatic rings. The van der Waals surface area contributed by atoms with E-state index < -0.39 is 0 Å². The number of nitriles is 1. The van der Waals surface area contributed by atoms with Gasteiger partial charge in [0.05, 0.1) is 18.5 Å². The van der Waals surface area contributed by atoms with Crippen LogP contribution in [0.3, 0.4) is 0 Å². The smallest absolute Gasteiger partial charge is 0.223 e. The van der Waals surface area contributed by atoms with Gasteiger partial charge in [0.1, 0.15) is 23.2 Å². The summed E-state index contributed by atoms with van der Waals surface area (Å²) in [6, 6.07) is 16.8. The lowest BCUT2D eigenvalue weighted by Gasteiger charge is -2.31. The molecule has 2 aromatic carbocycles. The molecule has 0 atom stereocenters. The number of hydrogen-bond donors (Lipinski definition) is 0. The van der Waals surface area contributed by atoms with Crippen LogP contribution >= 0.6 is 0 Å². The molecule has 36 heavy (non-hydrogen) atoms. The van der Waals surface area contributed by atoms with Gasteiger partial charge in [-0.1, -0.05) is 12.1 Å². The number of fused-ring (bicyclic) bond motifs is 1. The molecule has 0 aliphatic carbocycles. The second-order valence-electron chi connectivity index (χ2n) is 9.09. The number of rotatable bonds is 7. The fourth-order valence-electron chi connectivity index (χ4n) is 4.94. The van der Waals surface area contributed by atoms with Gasteiger partial charge in [0.15, 0.2) is 11.6 Å². The lowest BCUT2D eigenvalue weighted by Crippen LogP contribution is -2.40. The van der Waals surface area contributed by atoms with Crippen LogP contribution in [0.4, 0.5) is 11.4 Å². The van der Waals surface area contributed by atoms with Gasteiger partial charge in [-0.2, -0.15) is 5.26 Å². The minimum Gasteiger partial charge on any atom is -0.497 e. The summed E-state index contributed by atoms with van der Waals surface area (Å²) in [7, 11) is 5.23. The summed E-state index contributed by atoms with van der Waals surface area (Å²) in [6.07, 6.45) is 1.18. The largest absolute Gasteiger partial charge is 0.497 e. The number of ketones is 2. The Balaban J connectivity index is 1.33. The average Bonchev–Trinajstić information content (AvgIpc) is 3.17. The van der Waals surface area contributed by atoms with E-state index in [0.717, 1.165) is 11.4 Å². The van der Waals surface area contributed by atoms with E-state index in [1.165, 1.54) is 0 Å². The van der Waals surface area contributed by atoms with Gasteiger partial charge in [-0.3, -0.25) is 14.4 Å². The molecule has 186 valence electrons. The van der Waals surface area contributed by atoms with Gasteiger partial charge in [-0.25, -0.2) is 0 Å². The van der Waals surface area contributed by atoms with E-state index >= 15 is 0 Å². The predicted octanol–water partition coefficient (Wildman–Crippen LogP) is 3.79. The highest BCUT2D eigenvalue weighted by Crippen LogP contribution is 2.40. The molecule has 0 spiro atoms. The average molecular weight is 487 g/mol. The number of amides is 1. The zero-order valence-corrected chi connectivity index (χ0v) is 20.9. The fraction of sp³-hybridized carbons (Fsp3) is 0.357. The number of allylic oxidation sites excluding steroid dienone is 1. The van der Waals surface area contributed by atoms with Crippen LogP contribution < -0.4 is 14.5 Å². The second kappa shape index (κ2) is 10.6. The molecule has 0 radical (unpaired) electrons. The van der Waals surface area contributed by atoms with Gasteiger partial charge in [0.25, 0.3) is 0 Å². The molecule has 2 aromatic rings. The van der Waals surface area contributed by atoms with E-state index in [1.807, 2.05) is 48.2 Å². The van der Waals surface area contributed by atoms with Crippen LogP contribution in [0.1, 0.15) is 36.0 Å². The zero-order valence-electron chi connectivity index (χ0n) is 20.9. The SMILES string of the molecule is COc1ccc(C(=O)C2CCN(C(=O)CCC(=O)C(C#N)=C3N(C)c4ccccc4N3C)CC2)cc1. The summed E-state index contributed by atoms with van der Waals surface area (Å²) >= 11 is 0. The van der Waals surface area contributed by atoms with Crippen molar-refractivity contribution in [1.29, 1.82) is 5.26 Å². The van der Waals surface area contributed by atoms with Crippen LogP contribution in [0.25, 0.3) is 0 Å². The third kappa shape index (κ3) is 4.82. The molecular formula is C28H30N4O4. The molecule has 1 fully saturated rings. The first-order valence-corrected chi connectivity index (χ1v) is 12.1. The summed E-state index contributed by atoms with van der Waals surface area (Å²) in [6.45, 7) is 0.957. The summed E-state index contributed by atoms with van der Waals surface area (Å²) in [5.74, 6) is 0.695. The number of likely N-dealkylation sites (tertiary alicyclic amines) is 1. The molecule has 0 aromatic heterocycles. The van der Waals surface area contributed by atoms with Crippen molar-refractivity contribution >= 4 is 28.8 Å². The number of carbonyl (C=O) groups is 3. The number of anilines is 2. The highest BCUT2D eigenvalue weighted by Gasteiger charge is 2.32. The van der Waals surface area contributed by atoms with Gasteiger partial charge >= 0.3 is 0 Å². The van der Waals surface area contributed by atoms with Gasteiger partial charge in [-0.05, 0) is 49.2 Å². The molecule has 1 amide bonds. The summed E-state index contributed by atoms with van der Waals surface area (Å²) in [4.78, 5) is 44.0. The Bertz CT molecular complexity index is 1210. The number of carbonyl (C=O) groups excluding carboxylic acids is 3. The first-order valence-electron chi connectivity index (χ1n) is 12.1. The summed E-state index contributed by atoms with van der Waals surface area (Å²) < 4.78 is 5.15. The van der Waals surface area contributed by atoms with Crippen LogP contribution in [0.2, 0.25) is 0 Å². The highest BCUT2D eigenvalue weighted by atomic mass is 16.5. The minimum atomic E-state index is -0.350. The second-order valence-corrected chi connectivity index (χ2v) is 9.09. The first-order chi connectivity index (χ1) is 17.3. The molecule has 2 aliphatic heterocycles. The molecule has 0 bridgehead atoms. The third-order valence-corrected chi connectivity index (χ3v) is 7.01. The van der Waals surface area contributed by atoms with Crippen molar-refractivity contribution in [3.63, 3.8) is 0 Å². The standard InChI is InChI=1S/C28H30N4O4/c1-30-23-6-4-5-7-24(23)31(2)28(30)22(18-29)25(33)12-13-26(34)32-16-14-20(15-17-32)27(35)19-8-10-21(36-3)11-9-19/h4-11,20H,12-17H2,1-3H3. The molecule has 8 heteroatoms. The minimum absolute atomic E-state index is 0.0338. The van der Waals surface area contributed by atoms with E-state index in [1.54, 1.807) is 36.3 Å². The van der Waals surface area contributed by atoms with Crippen molar-refractivity contribution in [2.75, 3.05) is 44.1 Å². The van der Waals surface area contributed by atoms with E-state index in [9.17, 15) is 19.6 Å². The van der Waals surface area contributed by atoms with Crippen molar-refractivity contribution in [2.24, 2.45) is 5.92 Å². The predicted molar refractivity (Wildman–Crippen MR) is 137 cm³/mol. The molecule has 0 saturated carbocycles. The molecule has 4 rings (SSSR count). The van der Waals surface area contributed by atoms with Crippen molar-refractivity contribution in [3.8, 4) is 11.8 Å². The quantitative estimate of drug-likeness (QED) is 0.334. The molecule has 8 nitrogen and oxygen atoms in total. The lowest BCUT2D eigenvalue weighted by atomic mass is 9.88. The zero-order chi connectivity index (χ0) is 25.8. The number of benzene rings is 2. The van der Waals surface area contributed by atoms with Gasteiger partial charge < -0.3 is 19.4 Å². The van der Waals surface area contributed by atoms with E-state index in [4.69, 9.17) is 4.74 Å². The van der Waals surface area contributed by atoms with Crippen LogP contribution in [0.5, 0.6) is 5.75 Å². The van der Waals surface area contributed by atoms with Crippen molar-refractivity contribution in [1.82, 2.24) is 4.90 Å². The maximum absolute atomic E-state index is 13.0. The number of methoxy groups -OCH3 is 1. The van der Waals surface area contributed by atoms with Gasteiger partial charge in [-0.15, -0.1) is 0 Å². The van der Waals surface area contributed by atoms with E-state index in [-0.39, 0.29) is 41.8 Å². The first kappa shape index (κ1) is 25.0. The number of hydrogen-bond acceptors (Lipinski definition) is 7. The fourth-order valence-corrected chi connectivity index (χ4v) is 4.94. The Hall–Kier alpha value is -4.12. The van der Waals surface area contributed by atoms with Crippen molar-refractivity contribution in [3.05, 3.63) is 65.5 Å². The summed E-state index contributed by atoms with van der Waals surface area (Å²) in [5, 5.41) is 9.77. The van der Waals surface area contributed by atoms with E-state index in [2.05, 4.69) is 6.07 Å². The maximum atomic E-state index is 13.0. The lowest BCUT2D eigenvalue weighted by molar-refractivity contribution is -0.133. The van der Waals surface area contributed by atoms with Crippen LogP contribution in [0.15, 0.2) is 59.9 Å². The Kier molecular flexibility index (Phi) is 7.39. The number of ether oxygens (including phenoxy) is 1. The molecule has 0 unspecified atom stereocenters. The topological polar surface area (TPSA) is 93.9 Å². The maximum Gasteiger partial charge on any atom is 0.223 e. The molecular weight excluding hydrogens is 456 g/mol. The number of para-hydroxylation sites is 2. The van der Waals surface area contributed by atoms with Crippen LogP contribution in [0, 0.1) is 17.2 Å². The van der Waals surface area contributed by atoms with Gasteiger partial charge in [0, 0.05) is 51.5 Å². The number of nitrogens with zero attached hydrogens (tertiary/aromatic N) is 4. The molecule has 1 saturated heterocycles. The van der Waals surface area contributed by atoms with E-state index in [0.29, 0.717) is 43.1 Å². The Morgan fingerprint density at radius 3 is 2.06 bits per heavy atom. The Morgan fingerprint density at radius 1 is 0.944 bits per heavy atom.